The van der Waals surface area contributed by atoms with Crippen LogP contribution in [-0.4, -0.2) is 10.0 Å². The molecule has 5 nitrogen and oxygen atoms in total. The van der Waals surface area contributed by atoms with Crippen LogP contribution in [0.5, 0.6) is 5.75 Å². The fourth-order valence-corrected chi connectivity index (χ4v) is 1.72. The molecule has 0 atom stereocenters. The maximum atomic E-state index is 10.5. The zero-order valence-corrected chi connectivity index (χ0v) is 10.5. The van der Waals surface area contributed by atoms with Crippen LogP contribution in [0.25, 0.3) is 0 Å². The molecule has 0 spiro atoms. The summed E-state index contributed by atoms with van der Waals surface area (Å²) in [5.74, 6) is 0.188. The van der Waals surface area contributed by atoms with Gasteiger partial charge in [-0.05, 0) is 30.2 Å². The van der Waals surface area contributed by atoms with Crippen LogP contribution in [0.15, 0.2) is 42.5 Å². The number of anilines is 1. The number of nitro benzene ring substituents is 1. The number of aromatic hydroxyl groups is 1. The van der Waals surface area contributed by atoms with Crippen LogP contribution < -0.4 is 5.32 Å². The lowest BCUT2D eigenvalue weighted by atomic mass is 10.1. The lowest BCUT2D eigenvalue weighted by Crippen LogP contribution is -2.00. The minimum atomic E-state index is -0.427. The van der Waals surface area contributed by atoms with Gasteiger partial charge in [-0.15, -0.1) is 0 Å². The van der Waals surface area contributed by atoms with Crippen molar-refractivity contribution in [3.05, 3.63) is 63.7 Å². The Morgan fingerprint density at radius 2 is 1.89 bits per heavy atom. The van der Waals surface area contributed by atoms with Crippen molar-refractivity contribution in [2.75, 3.05) is 5.32 Å². The van der Waals surface area contributed by atoms with Crippen molar-refractivity contribution < 1.29 is 10.0 Å². The van der Waals surface area contributed by atoms with Gasteiger partial charge in [0.2, 0.25) is 0 Å². The zero-order valence-electron chi connectivity index (χ0n) is 10.5. The molecule has 2 rings (SSSR count). The second-order valence-electron chi connectivity index (χ2n) is 4.30. The van der Waals surface area contributed by atoms with E-state index in [9.17, 15) is 15.2 Å². The monoisotopic (exact) mass is 258 g/mol. The lowest BCUT2D eigenvalue weighted by Gasteiger charge is -2.09. The summed E-state index contributed by atoms with van der Waals surface area (Å²) in [6, 6.07) is 11.6. The average molecular weight is 258 g/mol. The van der Waals surface area contributed by atoms with Gasteiger partial charge in [-0.3, -0.25) is 10.1 Å². The van der Waals surface area contributed by atoms with Crippen molar-refractivity contribution in [1.29, 1.82) is 0 Å². The van der Waals surface area contributed by atoms with E-state index in [1.165, 1.54) is 12.1 Å². The smallest absolute Gasteiger partial charge is 0.269 e. The minimum absolute atomic E-state index is 0.0714. The second-order valence-corrected chi connectivity index (χ2v) is 4.30. The number of nitrogens with zero attached hydrogens (tertiary/aromatic N) is 1. The van der Waals surface area contributed by atoms with Gasteiger partial charge < -0.3 is 10.4 Å². The third kappa shape index (κ3) is 3.22. The quantitative estimate of drug-likeness (QED) is 0.501. The van der Waals surface area contributed by atoms with E-state index < -0.39 is 4.92 Å². The van der Waals surface area contributed by atoms with Gasteiger partial charge in [-0.2, -0.15) is 0 Å². The van der Waals surface area contributed by atoms with E-state index in [4.69, 9.17) is 0 Å². The summed E-state index contributed by atoms with van der Waals surface area (Å²) in [7, 11) is 0. The van der Waals surface area contributed by atoms with Gasteiger partial charge in [0, 0.05) is 18.7 Å². The molecule has 2 N–H and O–H groups in total. The zero-order chi connectivity index (χ0) is 13.8. The number of hydrogen-bond donors (Lipinski definition) is 2. The van der Waals surface area contributed by atoms with E-state index >= 15 is 0 Å². The number of nitrogens with one attached hydrogen (secondary N) is 1. The molecule has 19 heavy (non-hydrogen) atoms. The molecule has 0 bridgehead atoms. The van der Waals surface area contributed by atoms with Crippen LogP contribution in [0, 0.1) is 17.0 Å². The molecule has 0 fully saturated rings. The first-order valence-corrected chi connectivity index (χ1v) is 5.83. The van der Waals surface area contributed by atoms with E-state index in [-0.39, 0.29) is 11.4 Å². The van der Waals surface area contributed by atoms with Crippen LogP contribution >= 0.6 is 0 Å². The number of non-ortho nitro benzene ring substituents is 1. The van der Waals surface area contributed by atoms with E-state index in [1.54, 1.807) is 18.2 Å². The predicted molar refractivity (Wildman–Crippen MR) is 73.3 cm³/mol. The van der Waals surface area contributed by atoms with Crippen molar-refractivity contribution in [2.45, 2.75) is 13.5 Å². The van der Waals surface area contributed by atoms with Gasteiger partial charge >= 0.3 is 0 Å². The van der Waals surface area contributed by atoms with E-state index in [2.05, 4.69) is 5.32 Å². The van der Waals surface area contributed by atoms with Gasteiger partial charge in [0.05, 0.1) is 10.6 Å². The third-order valence-corrected chi connectivity index (χ3v) is 2.78. The minimum Gasteiger partial charge on any atom is -0.506 e. The molecule has 0 aliphatic rings. The summed E-state index contributed by atoms with van der Waals surface area (Å²) in [5, 5.41) is 23.3. The molecule has 98 valence electrons. The molecule has 5 heteroatoms. The summed E-state index contributed by atoms with van der Waals surface area (Å²) in [6.07, 6.45) is 0. The third-order valence-electron chi connectivity index (χ3n) is 2.78. The Hall–Kier alpha value is -2.56. The van der Waals surface area contributed by atoms with Gasteiger partial charge in [-0.1, -0.05) is 18.2 Å². The molecule has 0 heterocycles. The lowest BCUT2D eigenvalue weighted by molar-refractivity contribution is -0.384. The molecule has 0 amide bonds. The Kier molecular flexibility index (Phi) is 3.66. The first-order chi connectivity index (χ1) is 9.06. The summed E-state index contributed by atoms with van der Waals surface area (Å²) in [5.41, 5.74) is 2.68. The molecule has 2 aromatic carbocycles. The molecular formula is C14H14N2O3. The molecular weight excluding hydrogens is 244 g/mol. The fraction of sp³-hybridized carbons (Fsp3) is 0.143. The van der Waals surface area contributed by atoms with Gasteiger partial charge in [0.15, 0.2) is 0 Å². The fourth-order valence-electron chi connectivity index (χ4n) is 1.72. The highest BCUT2D eigenvalue weighted by molar-refractivity contribution is 5.57. The van der Waals surface area contributed by atoms with Crippen molar-refractivity contribution in [3.63, 3.8) is 0 Å². The topological polar surface area (TPSA) is 75.4 Å². The molecule has 0 aromatic heterocycles. The Labute approximate surface area is 110 Å². The molecule has 0 saturated carbocycles. The predicted octanol–water partition coefficient (Wildman–Crippen LogP) is 3.22. The molecule has 0 unspecified atom stereocenters. The molecule has 0 aliphatic heterocycles. The SMILES string of the molecule is Cc1ccc(O)c(NCc2ccc([N+](=O)[O-])cc2)c1. The molecule has 0 radical (unpaired) electrons. The van der Waals surface area contributed by atoms with Crippen LogP contribution in [0.1, 0.15) is 11.1 Å². The van der Waals surface area contributed by atoms with Gasteiger partial charge in [0.25, 0.3) is 5.69 Å². The average Bonchev–Trinajstić information content (AvgIpc) is 2.40. The standard InChI is InChI=1S/C14H14N2O3/c1-10-2-7-14(17)13(8-10)15-9-11-3-5-12(6-4-11)16(18)19/h2-8,15,17H,9H2,1H3. The number of nitro groups is 1. The highest BCUT2D eigenvalue weighted by Crippen LogP contribution is 2.24. The van der Waals surface area contributed by atoms with Crippen molar-refractivity contribution in [1.82, 2.24) is 0 Å². The Morgan fingerprint density at radius 1 is 1.21 bits per heavy atom. The largest absolute Gasteiger partial charge is 0.506 e. The molecule has 0 aliphatic carbocycles. The number of phenolic OH excluding ortho intramolecular Hbond substituents is 1. The van der Waals surface area contributed by atoms with Crippen molar-refractivity contribution >= 4 is 11.4 Å². The number of aryl methyl sites for hydroxylation is 1. The number of benzene rings is 2. The van der Waals surface area contributed by atoms with E-state index in [1.807, 2.05) is 19.1 Å². The van der Waals surface area contributed by atoms with E-state index in [0.29, 0.717) is 12.2 Å². The van der Waals surface area contributed by atoms with Crippen molar-refractivity contribution in [2.24, 2.45) is 0 Å². The van der Waals surface area contributed by atoms with Crippen LogP contribution in [-0.2, 0) is 6.54 Å². The maximum Gasteiger partial charge on any atom is 0.269 e. The summed E-state index contributed by atoms with van der Waals surface area (Å²) >= 11 is 0. The summed E-state index contributed by atoms with van der Waals surface area (Å²) in [6.45, 7) is 2.44. The van der Waals surface area contributed by atoms with Crippen molar-refractivity contribution in [3.8, 4) is 5.75 Å². The van der Waals surface area contributed by atoms with Crippen LogP contribution in [0.4, 0.5) is 11.4 Å². The number of hydrogen-bond acceptors (Lipinski definition) is 4. The van der Waals surface area contributed by atoms with Crippen LogP contribution in [0.2, 0.25) is 0 Å². The summed E-state index contributed by atoms with van der Waals surface area (Å²) < 4.78 is 0. The van der Waals surface area contributed by atoms with E-state index in [0.717, 1.165) is 11.1 Å². The summed E-state index contributed by atoms with van der Waals surface area (Å²) in [4.78, 5) is 10.1. The normalized spacial score (nSPS) is 10.2. The van der Waals surface area contributed by atoms with Gasteiger partial charge in [-0.25, -0.2) is 0 Å². The van der Waals surface area contributed by atoms with Crippen LogP contribution in [0.3, 0.4) is 0 Å². The highest BCUT2D eigenvalue weighted by Gasteiger charge is 2.05. The second kappa shape index (κ2) is 5.39. The first kappa shape index (κ1) is 12.9. The maximum absolute atomic E-state index is 10.5. The number of rotatable bonds is 4. The Morgan fingerprint density at radius 3 is 2.53 bits per heavy atom. The Bertz CT molecular complexity index is 594. The first-order valence-electron chi connectivity index (χ1n) is 5.83. The molecule has 2 aromatic rings. The Balaban J connectivity index is 2.06. The van der Waals surface area contributed by atoms with Gasteiger partial charge in [0.1, 0.15) is 5.75 Å². The molecule has 0 saturated heterocycles. The number of phenols is 1. The highest BCUT2D eigenvalue weighted by atomic mass is 16.6.